The van der Waals surface area contributed by atoms with Gasteiger partial charge in [-0.05, 0) is 36.8 Å². The van der Waals surface area contributed by atoms with Crippen LogP contribution in [-0.4, -0.2) is 48.1 Å². The smallest absolute Gasteiger partial charge is 0.254 e. The largest absolute Gasteiger partial charge is 0.493 e. The van der Waals surface area contributed by atoms with Crippen molar-refractivity contribution in [3.05, 3.63) is 53.9 Å². The molecule has 0 aliphatic carbocycles. The van der Waals surface area contributed by atoms with Crippen LogP contribution in [0.15, 0.2) is 47.0 Å². The van der Waals surface area contributed by atoms with Crippen LogP contribution in [0, 0.1) is 0 Å². The zero-order valence-corrected chi connectivity index (χ0v) is 18.6. The minimum atomic E-state index is -0.828. The summed E-state index contributed by atoms with van der Waals surface area (Å²) in [6.45, 7) is 0.0216. The zero-order valence-electron chi connectivity index (χ0n) is 18.6. The highest BCUT2D eigenvalue weighted by atomic mass is 16.5. The highest BCUT2D eigenvalue weighted by Crippen LogP contribution is 2.31. The molecule has 1 atom stereocenters. The molecule has 0 radical (unpaired) electrons. The summed E-state index contributed by atoms with van der Waals surface area (Å²) in [4.78, 5) is 41.4. The monoisotopic (exact) mass is 465 g/mol. The van der Waals surface area contributed by atoms with Gasteiger partial charge in [0.05, 0.1) is 32.0 Å². The number of carbonyl (C=O) groups is 3. The van der Waals surface area contributed by atoms with Gasteiger partial charge in [-0.3, -0.25) is 14.4 Å². The number of hydrogen-bond donors (Lipinski definition) is 3. The first-order valence-electron chi connectivity index (χ1n) is 10.5. The summed E-state index contributed by atoms with van der Waals surface area (Å²) in [6.07, 6.45) is 0.156. The number of methoxy groups -OCH3 is 2. The zero-order chi connectivity index (χ0) is 24.1. The maximum Gasteiger partial charge on any atom is 0.254 e. The van der Waals surface area contributed by atoms with E-state index in [4.69, 9.17) is 14.0 Å². The lowest BCUT2D eigenvalue weighted by atomic mass is 10.1. The number of nitrogens with one attached hydrogen (secondary N) is 3. The maximum absolute atomic E-state index is 12.4. The van der Waals surface area contributed by atoms with Gasteiger partial charge in [0.1, 0.15) is 6.04 Å². The van der Waals surface area contributed by atoms with Crippen molar-refractivity contribution in [1.82, 2.24) is 20.8 Å². The van der Waals surface area contributed by atoms with Gasteiger partial charge in [0, 0.05) is 12.0 Å². The molecule has 2 heterocycles. The standard InChI is InChI=1S/C23H23N5O6/c1-32-17-9-7-13(11-18(17)33-2)21-27-20(34-28-21)12-24-19(29)10-8-16-23(31)25-15-6-4-3-5-14(15)22(30)26-16/h3-7,9,11,16H,8,10,12H2,1-2H3,(H,24,29)(H,25,31)(H,26,30). The molecule has 0 fully saturated rings. The summed E-state index contributed by atoms with van der Waals surface area (Å²) >= 11 is 0. The Morgan fingerprint density at radius 2 is 1.91 bits per heavy atom. The average Bonchev–Trinajstić information content (AvgIpc) is 3.29. The summed E-state index contributed by atoms with van der Waals surface area (Å²) in [5.74, 6) is 0.587. The number of ether oxygens (including phenoxy) is 2. The summed E-state index contributed by atoms with van der Waals surface area (Å²) < 4.78 is 15.7. The summed E-state index contributed by atoms with van der Waals surface area (Å²) in [5, 5.41) is 12.0. The molecule has 11 heteroatoms. The molecule has 3 amide bonds. The van der Waals surface area contributed by atoms with Gasteiger partial charge in [-0.15, -0.1) is 0 Å². The normalized spacial score (nSPS) is 14.9. The molecular weight excluding hydrogens is 442 g/mol. The van der Waals surface area contributed by atoms with Crippen LogP contribution in [0.2, 0.25) is 0 Å². The van der Waals surface area contributed by atoms with Gasteiger partial charge < -0.3 is 29.9 Å². The van der Waals surface area contributed by atoms with E-state index >= 15 is 0 Å². The molecule has 3 N–H and O–H groups in total. The lowest BCUT2D eigenvalue weighted by molar-refractivity contribution is -0.122. The number of para-hydroxylation sites is 1. The molecule has 1 aliphatic heterocycles. The molecule has 1 unspecified atom stereocenters. The van der Waals surface area contributed by atoms with Crippen molar-refractivity contribution in [2.75, 3.05) is 19.5 Å². The second-order valence-electron chi connectivity index (χ2n) is 7.46. The van der Waals surface area contributed by atoms with Gasteiger partial charge in [-0.25, -0.2) is 0 Å². The lowest BCUT2D eigenvalue weighted by Gasteiger charge is -2.14. The number of aromatic nitrogens is 2. The molecule has 34 heavy (non-hydrogen) atoms. The third-order valence-corrected chi connectivity index (χ3v) is 5.26. The van der Waals surface area contributed by atoms with Crippen LogP contribution in [0.4, 0.5) is 5.69 Å². The van der Waals surface area contributed by atoms with Crippen molar-refractivity contribution in [3.63, 3.8) is 0 Å². The van der Waals surface area contributed by atoms with Crippen LogP contribution in [0.1, 0.15) is 29.1 Å². The second-order valence-corrected chi connectivity index (χ2v) is 7.46. The molecule has 3 aromatic rings. The van der Waals surface area contributed by atoms with Crippen molar-refractivity contribution in [1.29, 1.82) is 0 Å². The Morgan fingerprint density at radius 3 is 2.71 bits per heavy atom. The van der Waals surface area contributed by atoms with Crippen LogP contribution in [0.5, 0.6) is 11.5 Å². The Balaban J connectivity index is 1.30. The minimum absolute atomic E-state index is 0.0192. The number of hydrogen-bond acceptors (Lipinski definition) is 8. The molecule has 1 aliphatic rings. The number of benzene rings is 2. The van der Waals surface area contributed by atoms with E-state index in [0.29, 0.717) is 34.1 Å². The molecule has 1 aromatic heterocycles. The van der Waals surface area contributed by atoms with Crippen LogP contribution < -0.4 is 25.4 Å². The molecule has 176 valence electrons. The van der Waals surface area contributed by atoms with E-state index in [9.17, 15) is 14.4 Å². The van der Waals surface area contributed by atoms with Gasteiger partial charge in [-0.2, -0.15) is 4.98 Å². The Bertz CT molecular complexity index is 1220. The third kappa shape index (κ3) is 4.98. The van der Waals surface area contributed by atoms with Crippen molar-refractivity contribution in [3.8, 4) is 22.9 Å². The topological polar surface area (TPSA) is 145 Å². The Labute approximate surface area is 194 Å². The first-order chi connectivity index (χ1) is 16.5. The number of carbonyl (C=O) groups excluding carboxylic acids is 3. The first-order valence-corrected chi connectivity index (χ1v) is 10.5. The summed E-state index contributed by atoms with van der Waals surface area (Å²) in [5.41, 5.74) is 1.48. The predicted molar refractivity (Wildman–Crippen MR) is 120 cm³/mol. The van der Waals surface area contributed by atoms with Crippen molar-refractivity contribution >= 4 is 23.4 Å². The van der Waals surface area contributed by atoms with Gasteiger partial charge in [0.25, 0.3) is 5.91 Å². The van der Waals surface area contributed by atoms with E-state index in [1.54, 1.807) is 49.6 Å². The van der Waals surface area contributed by atoms with Crippen LogP contribution in [0.3, 0.4) is 0 Å². The third-order valence-electron chi connectivity index (χ3n) is 5.26. The molecule has 4 rings (SSSR count). The molecular formula is C23H23N5O6. The van der Waals surface area contributed by atoms with Crippen molar-refractivity contribution in [2.24, 2.45) is 0 Å². The number of anilines is 1. The highest BCUT2D eigenvalue weighted by Gasteiger charge is 2.27. The van der Waals surface area contributed by atoms with Gasteiger partial charge in [0.2, 0.25) is 23.5 Å². The Morgan fingerprint density at radius 1 is 1.12 bits per heavy atom. The van der Waals surface area contributed by atoms with E-state index < -0.39 is 6.04 Å². The van der Waals surface area contributed by atoms with E-state index in [0.717, 1.165) is 0 Å². The molecule has 0 spiro atoms. The summed E-state index contributed by atoms with van der Waals surface area (Å²) in [7, 11) is 3.07. The fourth-order valence-electron chi connectivity index (χ4n) is 3.47. The van der Waals surface area contributed by atoms with E-state index in [1.165, 1.54) is 7.11 Å². The number of nitrogens with zero attached hydrogens (tertiary/aromatic N) is 2. The summed E-state index contributed by atoms with van der Waals surface area (Å²) in [6, 6.07) is 11.1. The number of fused-ring (bicyclic) bond motifs is 1. The SMILES string of the molecule is COc1ccc(-c2noc(CNC(=O)CCC3NC(=O)c4ccccc4NC3=O)n2)cc1OC. The Kier molecular flexibility index (Phi) is 6.72. The van der Waals surface area contributed by atoms with E-state index in [2.05, 4.69) is 26.1 Å². The van der Waals surface area contributed by atoms with Gasteiger partial charge in [0.15, 0.2) is 11.5 Å². The van der Waals surface area contributed by atoms with Crippen molar-refractivity contribution < 1.29 is 28.4 Å². The van der Waals surface area contributed by atoms with Gasteiger partial charge >= 0.3 is 0 Å². The van der Waals surface area contributed by atoms with Crippen LogP contribution in [-0.2, 0) is 16.1 Å². The predicted octanol–water partition coefficient (Wildman–Crippen LogP) is 1.90. The molecule has 0 saturated heterocycles. The van der Waals surface area contributed by atoms with Crippen LogP contribution in [0.25, 0.3) is 11.4 Å². The van der Waals surface area contributed by atoms with Crippen LogP contribution >= 0.6 is 0 Å². The Hall–Kier alpha value is -4.41. The minimum Gasteiger partial charge on any atom is -0.493 e. The fourth-order valence-corrected chi connectivity index (χ4v) is 3.47. The maximum atomic E-state index is 12.4. The molecule has 0 saturated carbocycles. The molecule has 11 nitrogen and oxygen atoms in total. The average molecular weight is 465 g/mol. The molecule has 2 aromatic carbocycles. The second kappa shape index (κ2) is 10.0. The van der Waals surface area contributed by atoms with E-state index in [1.807, 2.05) is 0 Å². The fraction of sp³-hybridized carbons (Fsp3) is 0.261. The van der Waals surface area contributed by atoms with E-state index in [-0.39, 0.29) is 43.0 Å². The first kappa shape index (κ1) is 22.8. The quantitative estimate of drug-likeness (QED) is 0.457. The number of rotatable bonds is 8. The molecule has 0 bridgehead atoms. The number of amides is 3. The van der Waals surface area contributed by atoms with Gasteiger partial charge in [-0.1, -0.05) is 17.3 Å². The highest BCUT2D eigenvalue weighted by molar-refractivity contribution is 6.09. The van der Waals surface area contributed by atoms with Crippen molar-refractivity contribution in [2.45, 2.75) is 25.4 Å². The lowest BCUT2D eigenvalue weighted by Crippen LogP contribution is -2.42.